The number of hydrogen-bond donors (Lipinski definition) is 1. The molecule has 140 valence electrons. The monoisotopic (exact) mass is 339 g/mol. The lowest BCUT2D eigenvalue weighted by atomic mass is 9.91. The molecule has 0 aromatic rings. The summed E-state index contributed by atoms with van der Waals surface area (Å²) in [6, 6.07) is 0.371. The number of carbonyl (C=O) groups excluding carboxylic acids is 1. The first-order valence-electron chi connectivity index (χ1n) is 9.81. The predicted molar refractivity (Wildman–Crippen MR) is 98.0 cm³/mol. The largest absolute Gasteiger partial charge is 0.444 e. The van der Waals surface area contributed by atoms with Crippen molar-refractivity contribution >= 4 is 6.09 Å². The van der Waals surface area contributed by atoms with Gasteiger partial charge in [0.15, 0.2) is 0 Å². The van der Waals surface area contributed by atoms with Crippen LogP contribution in [-0.4, -0.2) is 60.3 Å². The van der Waals surface area contributed by atoms with E-state index in [1.165, 1.54) is 19.3 Å². The molecule has 2 rings (SSSR count). The highest BCUT2D eigenvalue weighted by atomic mass is 16.6. The molecule has 2 N–H and O–H groups in total. The number of carbonyl (C=O) groups is 1. The topological polar surface area (TPSA) is 58.8 Å². The molecule has 1 saturated heterocycles. The van der Waals surface area contributed by atoms with Gasteiger partial charge in [0.05, 0.1) is 0 Å². The average molecular weight is 340 g/mol. The maximum absolute atomic E-state index is 12.8. The Hall–Kier alpha value is -0.810. The molecule has 1 saturated carbocycles. The normalized spacial score (nSPS) is 21.7. The summed E-state index contributed by atoms with van der Waals surface area (Å²) in [6.07, 6.45) is 8.24. The molecular formula is C19H37N3O2. The first-order valence-corrected chi connectivity index (χ1v) is 9.81. The van der Waals surface area contributed by atoms with E-state index >= 15 is 0 Å². The molecule has 0 atom stereocenters. The highest BCUT2D eigenvalue weighted by molar-refractivity contribution is 5.68. The van der Waals surface area contributed by atoms with Crippen LogP contribution in [0.3, 0.4) is 0 Å². The summed E-state index contributed by atoms with van der Waals surface area (Å²) in [5, 5.41) is 0. The fourth-order valence-electron chi connectivity index (χ4n) is 3.94. The quantitative estimate of drug-likeness (QED) is 0.835. The van der Waals surface area contributed by atoms with E-state index in [4.69, 9.17) is 10.5 Å². The summed E-state index contributed by atoms with van der Waals surface area (Å²) >= 11 is 0. The Kier molecular flexibility index (Phi) is 7.35. The van der Waals surface area contributed by atoms with Crippen LogP contribution in [0.15, 0.2) is 0 Å². The highest BCUT2D eigenvalue weighted by Crippen LogP contribution is 2.27. The number of nitrogens with zero attached hydrogens (tertiary/aromatic N) is 2. The molecule has 0 spiro atoms. The molecule has 2 fully saturated rings. The second-order valence-corrected chi connectivity index (χ2v) is 8.50. The van der Waals surface area contributed by atoms with Gasteiger partial charge in [-0.3, -0.25) is 0 Å². The maximum atomic E-state index is 12.8. The fraction of sp³-hybridized carbons (Fsp3) is 0.947. The van der Waals surface area contributed by atoms with Crippen molar-refractivity contribution in [1.29, 1.82) is 0 Å². The minimum Gasteiger partial charge on any atom is -0.444 e. The maximum Gasteiger partial charge on any atom is 0.410 e. The second kappa shape index (κ2) is 9.04. The molecular weight excluding hydrogens is 302 g/mol. The summed E-state index contributed by atoms with van der Waals surface area (Å²) in [7, 11) is 0. The van der Waals surface area contributed by atoms with E-state index in [0.29, 0.717) is 12.0 Å². The van der Waals surface area contributed by atoms with Gasteiger partial charge in [-0.05, 0) is 65.5 Å². The van der Waals surface area contributed by atoms with Crippen molar-refractivity contribution in [2.45, 2.75) is 77.4 Å². The van der Waals surface area contributed by atoms with Gasteiger partial charge in [0, 0.05) is 25.7 Å². The zero-order valence-electron chi connectivity index (χ0n) is 15.9. The Labute approximate surface area is 147 Å². The van der Waals surface area contributed by atoms with Crippen molar-refractivity contribution < 1.29 is 9.53 Å². The zero-order chi connectivity index (χ0) is 17.6. The van der Waals surface area contributed by atoms with Gasteiger partial charge in [-0.2, -0.15) is 0 Å². The molecule has 0 bridgehead atoms. The van der Waals surface area contributed by atoms with Crippen LogP contribution in [-0.2, 0) is 4.74 Å². The van der Waals surface area contributed by atoms with Crippen molar-refractivity contribution in [3.05, 3.63) is 0 Å². The van der Waals surface area contributed by atoms with Crippen molar-refractivity contribution in [3.8, 4) is 0 Å². The number of amides is 1. The molecule has 1 amide bonds. The van der Waals surface area contributed by atoms with Gasteiger partial charge in [-0.25, -0.2) is 4.79 Å². The lowest BCUT2D eigenvalue weighted by Crippen LogP contribution is -2.48. The molecule has 1 aliphatic heterocycles. The number of hydrogen-bond acceptors (Lipinski definition) is 4. The Morgan fingerprint density at radius 1 is 1.12 bits per heavy atom. The lowest BCUT2D eigenvalue weighted by molar-refractivity contribution is 0.00520. The van der Waals surface area contributed by atoms with Crippen LogP contribution in [0.25, 0.3) is 0 Å². The van der Waals surface area contributed by atoms with Crippen LogP contribution >= 0.6 is 0 Å². The van der Waals surface area contributed by atoms with Gasteiger partial charge in [0.1, 0.15) is 5.60 Å². The van der Waals surface area contributed by atoms with Crippen LogP contribution < -0.4 is 5.73 Å². The summed E-state index contributed by atoms with van der Waals surface area (Å²) in [6.45, 7) is 10.7. The fourth-order valence-corrected chi connectivity index (χ4v) is 3.94. The molecule has 0 unspecified atom stereocenters. The molecule has 5 heteroatoms. The molecule has 1 aliphatic carbocycles. The Bertz CT molecular complexity index is 381. The van der Waals surface area contributed by atoms with Crippen LogP contribution in [0.2, 0.25) is 0 Å². The molecule has 0 aromatic heterocycles. The van der Waals surface area contributed by atoms with Gasteiger partial charge < -0.3 is 20.3 Å². The van der Waals surface area contributed by atoms with E-state index in [-0.39, 0.29) is 6.09 Å². The average Bonchev–Trinajstić information content (AvgIpc) is 2.53. The first kappa shape index (κ1) is 19.5. The lowest BCUT2D eigenvalue weighted by Gasteiger charge is -2.39. The van der Waals surface area contributed by atoms with Gasteiger partial charge in [-0.15, -0.1) is 0 Å². The number of rotatable bonds is 5. The van der Waals surface area contributed by atoms with Crippen LogP contribution in [0.1, 0.15) is 65.7 Å². The molecule has 0 aromatic carbocycles. The third kappa shape index (κ3) is 6.25. The molecule has 1 heterocycles. The smallest absolute Gasteiger partial charge is 0.410 e. The first-order chi connectivity index (χ1) is 11.4. The molecule has 2 aliphatic rings. The predicted octanol–water partition coefficient (Wildman–Crippen LogP) is 3.23. The number of ether oxygens (including phenoxy) is 1. The Balaban J connectivity index is 1.94. The van der Waals surface area contributed by atoms with Crippen molar-refractivity contribution in [1.82, 2.24) is 9.80 Å². The molecule has 0 radical (unpaired) electrons. The standard InChI is InChI=1S/C19H37N3O2/c1-19(2,3)24-18(23)22(17-7-5-4-6-8-17)15-16-9-12-21(13-10-16)14-11-20/h16-17H,4-15,20H2,1-3H3. The minimum absolute atomic E-state index is 0.112. The van der Waals surface area contributed by atoms with E-state index in [1.807, 2.05) is 20.8 Å². The summed E-state index contributed by atoms with van der Waals surface area (Å²) in [5.74, 6) is 0.591. The Morgan fingerprint density at radius 2 is 1.75 bits per heavy atom. The second-order valence-electron chi connectivity index (χ2n) is 8.50. The van der Waals surface area contributed by atoms with E-state index in [2.05, 4.69) is 9.80 Å². The van der Waals surface area contributed by atoms with Crippen molar-refractivity contribution in [2.75, 3.05) is 32.7 Å². The van der Waals surface area contributed by atoms with Gasteiger partial charge in [-0.1, -0.05) is 19.3 Å². The van der Waals surface area contributed by atoms with Gasteiger partial charge in [0.2, 0.25) is 0 Å². The third-order valence-corrected chi connectivity index (χ3v) is 5.25. The van der Waals surface area contributed by atoms with Crippen LogP contribution in [0.4, 0.5) is 4.79 Å². The van der Waals surface area contributed by atoms with Crippen molar-refractivity contribution in [2.24, 2.45) is 11.7 Å². The summed E-state index contributed by atoms with van der Waals surface area (Å²) < 4.78 is 5.71. The van der Waals surface area contributed by atoms with Crippen LogP contribution in [0, 0.1) is 5.92 Å². The zero-order valence-corrected chi connectivity index (χ0v) is 15.9. The number of likely N-dealkylation sites (tertiary alicyclic amines) is 1. The SMILES string of the molecule is CC(C)(C)OC(=O)N(CC1CCN(CCN)CC1)C1CCCCC1. The van der Waals surface area contributed by atoms with Crippen molar-refractivity contribution in [3.63, 3.8) is 0 Å². The van der Waals surface area contributed by atoms with Gasteiger partial charge in [0.25, 0.3) is 0 Å². The van der Waals surface area contributed by atoms with Crippen LogP contribution in [0.5, 0.6) is 0 Å². The summed E-state index contributed by atoms with van der Waals surface area (Å²) in [5.41, 5.74) is 5.24. The third-order valence-electron chi connectivity index (χ3n) is 5.25. The summed E-state index contributed by atoms with van der Waals surface area (Å²) in [4.78, 5) is 17.3. The Morgan fingerprint density at radius 3 is 2.29 bits per heavy atom. The highest BCUT2D eigenvalue weighted by Gasteiger charge is 2.32. The minimum atomic E-state index is -0.422. The van der Waals surface area contributed by atoms with E-state index in [1.54, 1.807) is 0 Å². The van der Waals surface area contributed by atoms with E-state index < -0.39 is 5.60 Å². The van der Waals surface area contributed by atoms with E-state index in [0.717, 1.165) is 58.4 Å². The molecule has 5 nitrogen and oxygen atoms in total. The number of piperidine rings is 1. The molecule has 24 heavy (non-hydrogen) atoms. The number of nitrogens with two attached hydrogens (primary N) is 1. The van der Waals surface area contributed by atoms with E-state index in [9.17, 15) is 4.79 Å². The van der Waals surface area contributed by atoms with Gasteiger partial charge >= 0.3 is 6.09 Å².